The van der Waals surface area contributed by atoms with Crippen LogP contribution in [0.2, 0.25) is 0 Å². The van der Waals surface area contributed by atoms with E-state index < -0.39 is 0 Å². The fourth-order valence-electron chi connectivity index (χ4n) is 2.35. The van der Waals surface area contributed by atoms with Crippen molar-refractivity contribution < 1.29 is 9.84 Å². The van der Waals surface area contributed by atoms with Crippen molar-refractivity contribution >= 4 is 0 Å². The van der Waals surface area contributed by atoms with Gasteiger partial charge in [0.1, 0.15) is 0 Å². The van der Waals surface area contributed by atoms with Crippen LogP contribution in [0.1, 0.15) is 33.1 Å². The van der Waals surface area contributed by atoms with E-state index in [2.05, 4.69) is 13.8 Å². The summed E-state index contributed by atoms with van der Waals surface area (Å²) in [4.78, 5) is 0. The molecule has 72 valence electrons. The number of aliphatic hydroxyl groups excluding tert-OH is 1. The van der Waals surface area contributed by atoms with E-state index in [1.54, 1.807) is 7.11 Å². The van der Waals surface area contributed by atoms with Crippen molar-refractivity contribution in [3.05, 3.63) is 0 Å². The molecule has 0 aromatic rings. The summed E-state index contributed by atoms with van der Waals surface area (Å²) < 4.78 is 4.96. The van der Waals surface area contributed by atoms with Gasteiger partial charge in [0, 0.05) is 7.11 Å². The lowest BCUT2D eigenvalue weighted by atomic mass is 9.79. The summed E-state index contributed by atoms with van der Waals surface area (Å²) in [7, 11) is 1.64. The molecule has 12 heavy (non-hydrogen) atoms. The molecule has 0 bridgehead atoms. The molecule has 0 amide bonds. The summed E-state index contributed by atoms with van der Waals surface area (Å²) >= 11 is 0. The molecule has 1 aliphatic rings. The van der Waals surface area contributed by atoms with Crippen molar-refractivity contribution in [2.45, 2.75) is 39.2 Å². The van der Waals surface area contributed by atoms with Crippen LogP contribution in [-0.2, 0) is 4.74 Å². The number of hydrogen-bond donors (Lipinski definition) is 1. The average Bonchev–Trinajstić information content (AvgIpc) is 2.30. The van der Waals surface area contributed by atoms with Crippen LogP contribution in [0.25, 0.3) is 0 Å². The van der Waals surface area contributed by atoms with E-state index in [9.17, 15) is 5.11 Å². The topological polar surface area (TPSA) is 29.5 Å². The van der Waals surface area contributed by atoms with Crippen LogP contribution in [0.15, 0.2) is 0 Å². The largest absolute Gasteiger partial charge is 0.390 e. The molecule has 0 heterocycles. The number of rotatable bonds is 3. The van der Waals surface area contributed by atoms with E-state index in [1.807, 2.05) is 0 Å². The number of hydrogen-bond acceptors (Lipinski definition) is 2. The van der Waals surface area contributed by atoms with E-state index in [0.29, 0.717) is 17.9 Å². The minimum Gasteiger partial charge on any atom is -0.390 e. The van der Waals surface area contributed by atoms with E-state index in [4.69, 9.17) is 4.74 Å². The summed E-state index contributed by atoms with van der Waals surface area (Å²) in [5.74, 6) is 0.428. The second-order valence-electron chi connectivity index (χ2n) is 4.51. The highest BCUT2D eigenvalue weighted by Gasteiger charge is 2.38. The van der Waals surface area contributed by atoms with Gasteiger partial charge in [-0.15, -0.1) is 0 Å². The lowest BCUT2D eigenvalue weighted by Gasteiger charge is -2.30. The minimum atomic E-state index is -0.271. The van der Waals surface area contributed by atoms with Gasteiger partial charge in [-0.2, -0.15) is 0 Å². The number of methoxy groups -OCH3 is 1. The van der Waals surface area contributed by atoms with Gasteiger partial charge in [0.15, 0.2) is 0 Å². The lowest BCUT2D eigenvalue weighted by molar-refractivity contribution is -0.00515. The third-order valence-corrected chi connectivity index (χ3v) is 3.14. The van der Waals surface area contributed by atoms with Gasteiger partial charge in [0.05, 0.1) is 12.7 Å². The smallest absolute Gasteiger partial charge is 0.0806 e. The minimum absolute atomic E-state index is 0.271. The fraction of sp³-hybridized carbons (Fsp3) is 1.00. The predicted octanol–water partition coefficient (Wildman–Crippen LogP) is 1.82. The summed E-state index contributed by atoms with van der Waals surface area (Å²) in [6, 6.07) is 0. The molecule has 1 saturated carbocycles. The van der Waals surface area contributed by atoms with Crippen LogP contribution in [0, 0.1) is 11.3 Å². The van der Waals surface area contributed by atoms with Crippen LogP contribution >= 0.6 is 0 Å². The van der Waals surface area contributed by atoms with Crippen LogP contribution < -0.4 is 0 Å². The molecule has 0 aromatic heterocycles. The van der Waals surface area contributed by atoms with Crippen LogP contribution in [0.3, 0.4) is 0 Å². The van der Waals surface area contributed by atoms with E-state index >= 15 is 0 Å². The third-order valence-electron chi connectivity index (χ3n) is 3.14. The Morgan fingerprint density at radius 3 is 2.67 bits per heavy atom. The first-order valence-electron chi connectivity index (χ1n) is 4.75. The fourth-order valence-corrected chi connectivity index (χ4v) is 2.35. The molecule has 0 radical (unpaired) electrons. The van der Waals surface area contributed by atoms with Crippen molar-refractivity contribution in [3.63, 3.8) is 0 Å². The molecule has 1 aliphatic carbocycles. The Morgan fingerprint density at radius 1 is 1.58 bits per heavy atom. The monoisotopic (exact) mass is 172 g/mol. The first-order chi connectivity index (χ1) is 5.58. The highest BCUT2D eigenvalue weighted by Crippen LogP contribution is 2.44. The van der Waals surface area contributed by atoms with Gasteiger partial charge in [-0.05, 0) is 24.2 Å². The maximum absolute atomic E-state index is 9.76. The van der Waals surface area contributed by atoms with Crippen molar-refractivity contribution in [2.75, 3.05) is 13.7 Å². The zero-order valence-electron chi connectivity index (χ0n) is 8.34. The Morgan fingerprint density at radius 2 is 2.25 bits per heavy atom. The van der Waals surface area contributed by atoms with Gasteiger partial charge in [-0.3, -0.25) is 0 Å². The van der Waals surface area contributed by atoms with Crippen molar-refractivity contribution in [1.82, 2.24) is 0 Å². The standard InChI is InChI=1S/C10H20O2/c1-10(2)6-4-5-8(10)9(11)7-12-3/h8-9,11H,4-7H2,1-3H3. The summed E-state index contributed by atoms with van der Waals surface area (Å²) in [5.41, 5.74) is 0.304. The van der Waals surface area contributed by atoms with Crippen molar-refractivity contribution in [1.29, 1.82) is 0 Å². The molecule has 1 N–H and O–H groups in total. The molecule has 2 heteroatoms. The predicted molar refractivity (Wildman–Crippen MR) is 49.0 cm³/mol. The summed E-state index contributed by atoms with van der Waals surface area (Å²) in [6.07, 6.45) is 3.36. The highest BCUT2D eigenvalue weighted by atomic mass is 16.5. The summed E-state index contributed by atoms with van der Waals surface area (Å²) in [6.45, 7) is 4.96. The molecule has 2 nitrogen and oxygen atoms in total. The van der Waals surface area contributed by atoms with Gasteiger partial charge < -0.3 is 9.84 Å². The third kappa shape index (κ3) is 1.99. The van der Waals surface area contributed by atoms with Gasteiger partial charge in [-0.25, -0.2) is 0 Å². The second-order valence-corrected chi connectivity index (χ2v) is 4.51. The first kappa shape index (κ1) is 10.0. The Balaban J connectivity index is 2.50. The van der Waals surface area contributed by atoms with Crippen LogP contribution in [0.4, 0.5) is 0 Å². The maximum atomic E-state index is 9.76. The zero-order chi connectivity index (χ0) is 9.19. The molecule has 1 fully saturated rings. The molecule has 0 aliphatic heterocycles. The average molecular weight is 172 g/mol. The SMILES string of the molecule is COCC(O)C1CCCC1(C)C. The Kier molecular flexibility index (Phi) is 3.13. The van der Waals surface area contributed by atoms with E-state index in [0.717, 1.165) is 6.42 Å². The zero-order valence-corrected chi connectivity index (χ0v) is 8.34. The van der Waals surface area contributed by atoms with Crippen LogP contribution in [-0.4, -0.2) is 24.9 Å². The molecule has 0 spiro atoms. The maximum Gasteiger partial charge on any atom is 0.0806 e. The van der Waals surface area contributed by atoms with E-state index in [-0.39, 0.29) is 6.10 Å². The van der Waals surface area contributed by atoms with Crippen molar-refractivity contribution in [3.8, 4) is 0 Å². The van der Waals surface area contributed by atoms with Gasteiger partial charge in [-0.1, -0.05) is 20.3 Å². The summed E-state index contributed by atoms with van der Waals surface area (Å²) in [5, 5.41) is 9.76. The van der Waals surface area contributed by atoms with Gasteiger partial charge in [0.2, 0.25) is 0 Å². The van der Waals surface area contributed by atoms with Gasteiger partial charge in [0.25, 0.3) is 0 Å². The number of aliphatic hydroxyl groups is 1. The molecule has 2 atom stereocenters. The molecular formula is C10H20O2. The molecule has 1 rings (SSSR count). The Hall–Kier alpha value is -0.0800. The van der Waals surface area contributed by atoms with Gasteiger partial charge >= 0.3 is 0 Å². The second kappa shape index (κ2) is 3.75. The first-order valence-corrected chi connectivity index (χ1v) is 4.75. The van der Waals surface area contributed by atoms with Crippen molar-refractivity contribution in [2.24, 2.45) is 11.3 Å². The Labute approximate surface area is 74.9 Å². The Bertz CT molecular complexity index is 143. The highest BCUT2D eigenvalue weighted by molar-refractivity contribution is 4.88. The van der Waals surface area contributed by atoms with Crippen LogP contribution in [0.5, 0.6) is 0 Å². The molecule has 0 aromatic carbocycles. The quantitative estimate of drug-likeness (QED) is 0.703. The van der Waals surface area contributed by atoms with E-state index in [1.165, 1.54) is 12.8 Å². The molecule has 0 saturated heterocycles. The molecular weight excluding hydrogens is 152 g/mol. The lowest BCUT2D eigenvalue weighted by Crippen LogP contribution is -2.32. The normalized spacial score (nSPS) is 30.5. The number of ether oxygens (including phenoxy) is 1. The molecule has 2 unspecified atom stereocenters.